The van der Waals surface area contributed by atoms with Crippen LogP contribution >= 0.6 is 35.6 Å². The van der Waals surface area contributed by atoms with Crippen molar-refractivity contribution in [3.8, 4) is 0 Å². The van der Waals surface area contributed by atoms with Gasteiger partial charge in [0.15, 0.2) is 5.96 Å². The van der Waals surface area contributed by atoms with Gasteiger partial charge in [-0.25, -0.2) is 0 Å². The number of nitrogens with one attached hydrogen (secondary N) is 2. The molecule has 170 valence electrons. The first-order valence-electron chi connectivity index (χ1n) is 11.1. The van der Waals surface area contributed by atoms with E-state index in [0.717, 1.165) is 76.1 Å². The zero-order valence-corrected chi connectivity index (χ0v) is 21.7. The van der Waals surface area contributed by atoms with Crippen LogP contribution in [0.25, 0.3) is 0 Å². The van der Waals surface area contributed by atoms with Crippen molar-refractivity contribution in [2.45, 2.75) is 64.0 Å². The topological polar surface area (TPSA) is 48.9 Å². The van der Waals surface area contributed by atoms with Crippen LogP contribution in [-0.4, -0.2) is 62.3 Å². The molecule has 0 saturated carbocycles. The lowest BCUT2D eigenvalue weighted by molar-refractivity contribution is 0.0531. The Morgan fingerprint density at radius 1 is 1.27 bits per heavy atom. The summed E-state index contributed by atoms with van der Waals surface area (Å²) in [4.78, 5) is 7.60. The molecule has 0 amide bonds. The lowest BCUT2D eigenvalue weighted by Crippen LogP contribution is -2.50. The Balaban J connectivity index is 0.00000320. The van der Waals surface area contributed by atoms with E-state index in [0.29, 0.717) is 12.1 Å². The number of hydrogen-bond donors (Lipinski definition) is 2. The quantitative estimate of drug-likeness (QED) is 0.314. The fourth-order valence-electron chi connectivity index (χ4n) is 4.42. The molecule has 0 radical (unpaired) electrons. The molecule has 2 N–H and O–H groups in total. The van der Waals surface area contributed by atoms with Gasteiger partial charge in [0.1, 0.15) is 0 Å². The number of nitrogens with zero attached hydrogens (tertiary/aromatic N) is 2. The van der Waals surface area contributed by atoms with E-state index in [4.69, 9.17) is 21.3 Å². The predicted octanol–water partition coefficient (Wildman–Crippen LogP) is 4.43. The summed E-state index contributed by atoms with van der Waals surface area (Å²) in [6, 6.07) is 9.39. The van der Waals surface area contributed by atoms with Gasteiger partial charge in [-0.2, -0.15) is 0 Å². The Kier molecular flexibility index (Phi) is 10.7. The monoisotopic (exact) mass is 548 g/mol. The van der Waals surface area contributed by atoms with Crippen molar-refractivity contribution >= 4 is 41.5 Å². The Morgan fingerprint density at radius 2 is 1.97 bits per heavy atom. The molecular weight excluding hydrogens is 511 g/mol. The van der Waals surface area contributed by atoms with Crippen LogP contribution in [0.4, 0.5) is 0 Å². The average Bonchev–Trinajstić information content (AvgIpc) is 2.73. The maximum absolute atomic E-state index is 6.31. The van der Waals surface area contributed by atoms with Crippen LogP contribution < -0.4 is 10.6 Å². The number of rotatable bonds is 6. The number of likely N-dealkylation sites (tertiary alicyclic amines) is 1. The number of guanidine groups is 1. The van der Waals surface area contributed by atoms with Gasteiger partial charge < -0.3 is 20.3 Å². The maximum Gasteiger partial charge on any atom is 0.191 e. The SMILES string of the molecule is CCNC(=NCC1(c2cccc(Cl)c2)CCOCC1)NC1CCN(C(C)C)CC1.I. The highest BCUT2D eigenvalue weighted by Gasteiger charge is 2.35. The molecule has 0 aliphatic carbocycles. The summed E-state index contributed by atoms with van der Waals surface area (Å²) < 4.78 is 5.66. The number of halogens is 2. The standard InChI is InChI=1S/C23H37ClN4O.HI/c1-4-25-22(27-21-8-12-28(13-9-21)18(2)3)26-17-23(10-14-29-15-11-23)19-6-5-7-20(24)16-19;/h5-7,16,18,21H,4,8-15,17H2,1-3H3,(H2,25,26,27);1H. The zero-order chi connectivity index (χ0) is 20.7. The van der Waals surface area contributed by atoms with Gasteiger partial charge in [0.25, 0.3) is 0 Å². The molecule has 0 spiro atoms. The molecule has 2 heterocycles. The predicted molar refractivity (Wildman–Crippen MR) is 137 cm³/mol. The van der Waals surface area contributed by atoms with Gasteiger partial charge in [-0.15, -0.1) is 24.0 Å². The fourth-order valence-corrected chi connectivity index (χ4v) is 4.61. The Hall–Kier alpha value is -0.570. The summed E-state index contributed by atoms with van der Waals surface area (Å²) in [5.74, 6) is 0.934. The van der Waals surface area contributed by atoms with E-state index in [1.54, 1.807) is 0 Å². The van der Waals surface area contributed by atoms with Crippen LogP contribution in [0.1, 0.15) is 52.0 Å². The molecule has 2 fully saturated rings. The van der Waals surface area contributed by atoms with Gasteiger partial charge in [-0.1, -0.05) is 23.7 Å². The smallest absolute Gasteiger partial charge is 0.191 e. The van der Waals surface area contributed by atoms with Gasteiger partial charge in [0.2, 0.25) is 0 Å². The van der Waals surface area contributed by atoms with Crippen molar-refractivity contribution in [2.24, 2.45) is 4.99 Å². The summed E-state index contributed by atoms with van der Waals surface area (Å²) in [5, 5.41) is 7.93. The summed E-state index contributed by atoms with van der Waals surface area (Å²) in [6.07, 6.45) is 4.28. The van der Waals surface area contributed by atoms with Crippen LogP contribution in [0.15, 0.2) is 29.3 Å². The van der Waals surface area contributed by atoms with Gasteiger partial charge >= 0.3 is 0 Å². The molecule has 30 heavy (non-hydrogen) atoms. The number of piperidine rings is 1. The summed E-state index contributed by atoms with van der Waals surface area (Å²) in [5.41, 5.74) is 1.27. The van der Waals surface area contributed by atoms with Gasteiger partial charge in [-0.05, 0) is 64.2 Å². The number of ether oxygens (including phenoxy) is 1. The minimum absolute atomic E-state index is 0. The normalized spacial score (nSPS) is 20.6. The third-order valence-corrected chi connectivity index (χ3v) is 6.61. The molecule has 0 aromatic heterocycles. The zero-order valence-electron chi connectivity index (χ0n) is 18.6. The molecule has 3 rings (SSSR count). The van der Waals surface area contributed by atoms with Gasteiger partial charge in [-0.3, -0.25) is 4.99 Å². The van der Waals surface area contributed by atoms with Crippen LogP contribution in [0.3, 0.4) is 0 Å². The lowest BCUT2D eigenvalue weighted by atomic mass is 9.74. The third-order valence-electron chi connectivity index (χ3n) is 6.37. The van der Waals surface area contributed by atoms with Crippen molar-refractivity contribution in [1.29, 1.82) is 0 Å². The molecule has 2 aliphatic heterocycles. The van der Waals surface area contributed by atoms with Crippen LogP contribution in [-0.2, 0) is 10.2 Å². The van der Waals surface area contributed by atoms with Crippen molar-refractivity contribution in [3.63, 3.8) is 0 Å². The number of hydrogen-bond acceptors (Lipinski definition) is 3. The average molecular weight is 549 g/mol. The highest BCUT2D eigenvalue weighted by atomic mass is 127. The van der Waals surface area contributed by atoms with Crippen molar-refractivity contribution < 1.29 is 4.74 Å². The maximum atomic E-state index is 6.31. The molecule has 5 nitrogen and oxygen atoms in total. The van der Waals surface area contributed by atoms with E-state index in [9.17, 15) is 0 Å². The minimum Gasteiger partial charge on any atom is -0.381 e. The van der Waals surface area contributed by atoms with E-state index in [2.05, 4.69) is 48.4 Å². The molecule has 0 unspecified atom stereocenters. The first-order valence-corrected chi connectivity index (χ1v) is 11.5. The molecule has 2 saturated heterocycles. The van der Waals surface area contributed by atoms with Crippen molar-refractivity contribution in [1.82, 2.24) is 15.5 Å². The second kappa shape index (κ2) is 12.5. The number of benzene rings is 1. The van der Waals surface area contributed by atoms with E-state index in [1.807, 2.05) is 12.1 Å². The van der Waals surface area contributed by atoms with Gasteiger partial charge in [0.05, 0.1) is 6.54 Å². The van der Waals surface area contributed by atoms with E-state index in [-0.39, 0.29) is 29.4 Å². The first kappa shape index (κ1) is 25.7. The van der Waals surface area contributed by atoms with Crippen LogP contribution in [0.5, 0.6) is 0 Å². The fraction of sp³-hybridized carbons (Fsp3) is 0.696. The molecular formula is C23H38ClIN4O. The first-order chi connectivity index (χ1) is 14.0. The van der Waals surface area contributed by atoms with Gasteiger partial charge in [0, 0.05) is 55.4 Å². The highest BCUT2D eigenvalue weighted by Crippen LogP contribution is 2.36. The van der Waals surface area contributed by atoms with Crippen molar-refractivity contribution in [3.05, 3.63) is 34.9 Å². The summed E-state index contributed by atoms with van der Waals surface area (Å²) in [6.45, 7) is 12.2. The molecule has 1 aromatic carbocycles. The van der Waals surface area contributed by atoms with Crippen LogP contribution in [0, 0.1) is 0 Å². The minimum atomic E-state index is -0.00743. The summed E-state index contributed by atoms with van der Waals surface area (Å²) >= 11 is 6.31. The molecule has 2 aliphatic rings. The third kappa shape index (κ3) is 6.97. The van der Waals surface area contributed by atoms with E-state index >= 15 is 0 Å². The Morgan fingerprint density at radius 3 is 2.57 bits per heavy atom. The molecule has 7 heteroatoms. The largest absolute Gasteiger partial charge is 0.381 e. The highest BCUT2D eigenvalue weighted by molar-refractivity contribution is 14.0. The van der Waals surface area contributed by atoms with Crippen LogP contribution in [0.2, 0.25) is 5.02 Å². The Bertz CT molecular complexity index is 671. The summed E-state index contributed by atoms with van der Waals surface area (Å²) in [7, 11) is 0. The second-order valence-corrected chi connectivity index (χ2v) is 9.08. The van der Waals surface area contributed by atoms with Crippen molar-refractivity contribution in [2.75, 3.05) is 39.4 Å². The molecule has 0 atom stereocenters. The molecule has 1 aromatic rings. The lowest BCUT2D eigenvalue weighted by Gasteiger charge is -2.37. The van der Waals surface area contributed by atoms with E-state index in [1.165, 1.54) is 5.56 Å². The molecule has 0 bridgehead atoms. The second-order valence-electron chi connectivity index (χ2n) is 8.65. The van der Waals surface area contributed by atoms with E-state index < -0.39 is 0 Å². The number of aliphatic imine (C=N–C) groups is 1. The Labute approximate surface area is 204 Å².